The minimum Gasteiger partial charge on any atom is -0.397 e. The topological polar surface area (TPSA) is 74.7 Å². The van der Waals surface area contributed by atoms with Crippen molar-refractivity contribution in [3.8, 4) is 6.07 Å². The van der Waals surface area contributed by atoms with Crippen molar-refractivity contribution in [2.24, 2.45) is 0 Å². The molecule has 0 aliphatic heterocycles. The van der Waals surface area contributed by atoms with Crippen molar-refractivity contribution in [1.29, 1.82) is 5.26 Å². The van der Waals surface area contributed by atoms with Gasteiger partial charge in [0.15, 0.2) is 0 Å². The van der Waals surface area contributed by atoms with Gasteiger partial charge in [0.25, 0.3) is 0 Å². The normalized spacial score (nSPS) is 17.3. The van der Waals surface area contributed by atoms with Crippen LogP contribution in [0.25, 0.3) is 0 Å². The van der Waals surface area contributed by atoms with Gasteiger partial charge in [0.2, 0.25) is 0 Å². The number of nitrogen functional groups attached to an aromatic ring is 1. The van der Waals surface area contributed by atoms with Gasteiger partial charge < -0.3 is 11.1 Å². The molecule has 0 amide bonds. The fourth-order valence-corrected chi connectivity index (χ4v) is 3.34. The summed E-state index contributed by atoms with van der Waals surface area (Å²) in [5.74, 6) is 0.645. The predicted octanol–water partition coefficient (Wildman–Crippen LogP) is 2.62. The second kappa shape index (κ2) is 5.49. The van der Waals surface area contributed by atoms with Crippen molar-refractivity contribution in [3.63, 3.8) is 0 Å². The van der Waals surface area contributed by atoms with E-state index < -0.39 is 0 Å². The Morgan fingerprint density at radius 3 is 2.89 bits per heavy atom. The minimum atomic E-state index is 0.301. The van der Waals surface area contributed by atoms with Crippen molar-refractivity contribution < 1.29 is 0 Å². The largest absolute Gasteiger partial charge is 0.397 e. The maximum atomic E-state index is 9.07. The Kier molecular flexibility index (Phi) is 3.97. The van der Waals surface area contributed by atoms with Gasteiger partial charge in [-0.15, -0.1) is 0 Å². The summed E-state index contributed by atoms with van der Waals surface area (Å²) in [5.41, 5.74) is 6.67. The number of nitriles is 1. The third kappa shape index (κ3) is 2.70. The molecule has 0 unspecified atom stereocenters. The highest BCUT2D eigenvalue weighted by Crippen LogP contribution is 2.40. The first-order chi connectivity index (χ1) is 8.69. The van der Waals surface area contributed by atoms with E-state index in [-0.39, 0.29) is 0 Å². The Labute approximate surface area is 112 Å². The van der Waals surface area contributed by atoms with Gasteiger partial charge in [0.1, 0.15) is 11.9 Å². The van der Waals surface area contributed by atoms with Gasteiger partial charge in [-0.05, 0) is 25.2 Å². The van der Waals surface area contributed by atoms with Crippen LogP contribution in [-0.4, -0.2) is 22.5 Å². The van der Waals surface area contributed by atoms with Crippen molar-refractivity contribution in [3.05, 3.63) is 17.8 Å². The molecule has 2 rings (SSSR count). The first kappa shape index (κ1) is 13.0. The Bertz CT molecular complexity index is 461. The van der Waals surface area contributed by atoms with Crippen LogP contribution < -0.4 is 11.1 Å². The first-order valence-corrected chi connectivity index (χ1v) is 7.36. The average Bonchev–Trinajstić information content (AvgIpc) is 2.86. The van der Waals surface area contributed by atoms with E-state index in [1.165, 1.54) is 25.7 Å². The summed E-state index contributed by atoms with van der Waals surface area (Å²) >= 11 is 1.92. The number of anilines is 2. The molecule has 1 saturated carbocycles. The standard InChI is InChI=1S/C13H18N4S/c1-18-13(4-2-3-5-13)9-17-12-10(7-14)6-11(15)8-16-12/h6,8H,2-5,9,15H2,1H3,(H,16,17). The summed E-state index contributed by atoms with van der Waals surface area (Å²) in [6.07, 6.45) is 8.81. The zero-order chi connectivity index (χ0) is 13.0. The van der Waals surface area contributed by atoms with Crippen LogP contribution >= 0.6 is 11.8 Å². The van der Waals surface area contributed by atoms with E-state index in [9.17, 15) is 0 Å². The van der Waals surface area contributed by atoms with Gasteiger partial charge >= 0.3 is 0 Å². The van der Waals surface area contributed by atoms with Crippen LogP contribution in [0.4, 0.5) is 11.5 Å². The van der Waals surface area contributed by atoms with Crippen molar-refractivity contribution in [2.75, 3.05) is 23.9 Å². The van der Waals surface area contributed by atoms with E-state index >= 15 is 0 Å². The fourth-order valence-electron chi connectivity index (χ4n) is 2.42. The molecule has 1 fully saturated rings. The second-order valence-electron chi connectivity index (χ2n) is 4.72. The molecule has 96 valence electrons. The van der Waals surface area contributed by atoms with E-state index in [1.807, 2.05) is 11.8 Å². The Hall–Kier alpha value is -1.41. The number of nitrogens with two attached hydrogens (primary N) is 1. The van der Waals surface area contributed by atoms with Gasteiger partial charge in [0, 0.05) is 11.3 Å². The van der Waals surface area contributed by atoms with Crippen molar-refractivity contribution in [2.45, 2.75) is 30.4 Å². The maximum Gasteiger partial charge on any atom is 0.144 e. The molecule has 1 aromatic rings. The molecule has 0 saturated heterocycles. The van der Waals surface area contributed by atoms with E-state index in [4.69, 9.17) is 11.0 Å². The molecule has 0 bridgehead atoms. The van der Waals surface area contributed by atoms with Crippen LogP contribution in [0.3, 0.4) is 0 Å². The monoisotopic (exact) mass is 262 g/mol. The van der Waals surface area contributed by atoms with Crippen LogP contribution in [0.15, 0.2) is 12.3 Å². The summed E-state index contributed by atoms with van der Waals surface area (Å²) in [4.78, 5) is 4.21. The van der Waals surface area contributed by atoms with Crippen LogP contribution in [0.1, 0.15) is 31.2 Å². The van der Waals surface area contributed by atoms with Crippen LogP contribution in [0.2, 0.25) is 0 Å². The molecule has 0 aromatic carbocycles. The molecule has 4 nitrogen and oxygen atoms in total. The molecule has 3 N–H and O–H groups in total. The van der Waals surface area contributed by atoms with E-state index in [1.54, 1.807) is 12.3 Å². The zero-order valence-corrected chi connectivity index (χ0v) is 11.4. The lowest BCUT2D eigenvalue weighted by Crippen LogP contribution is -2.30. The first-order valence-electron chi connectivity index (χ1n) is 6.14. The molecule has 5 heteroatoms. The smallest absolute Gasteiger partial charge is 0.144 e. The van der Waals surface area contributed by atoms with Gasteiger partial charge in [-0.2, -0.15) is 17.0 Å². The number of nitrogens with zero attached hydrogens (tertiary/aromatic N) is 2. The van der Waals surface area contributed by atoms with Crippen molar-refractivity contribution >= 4 is 23.3 Å². The second-order valence-corrected chi connectivity index (χ2v) is 6.00. The molecule has 18 heavy (non-hydrogen) atoms. The molecular weight excluding hydrogens is 244 g/mol. The quantitative estimate of drug-likeness (QED) is 0.872. The Balaban J connectivity index is 2.08. The van der Waals surface area contributed by atoms with E-state index in [2.05, 4.69) is 22.6 Å². The van der Waals surface area contributed by atoms with Crippen LogP contribution in [0, 0.1) is 11.3 Å². The summed E-state index contributed by atoms with van der Waals surface area (Å²) in [6, 6.07) is 3.79. The highest BCUT2D eigenvalue weighted by atomic mass is 32.2. The molecule has 1 aliphatic carbocycles. The Morgan fingerprint density at radius 2 is 2.28 bits per heavy atom. The van der Waals surface area contributed by atoms with E-state index in [0.29, 0.717) is 21.8 Å². The zero-order valence-electron chi connectivity index (χ0n) is 10.6. The molecule has 0 spiro atoms. The van der Waals surface area contributed by atoms with E-state index in [0.717, 1.165) is 6.54 Å². The van der Waals surface area contributed by atoms with Gasteiger partial charge in [-0.25, -0.2) is 4.98 Å². The lowest BCUT2D eigenvalue weighted by Gasteiger charge is -2.27. The number of nitrogens with one attached hydrogen (secondary N) is 1. The van der Waals surface area contributed by atoms with Crippen LogP contribution in [0.5, 0.6) is 0 Å². The summed E-state index contributed by atoms with van der Waals surface area (Å²) in [7, 11) is 0. The Morgan fingerprint density at radius 1 is 1.56 bits per heavy atom. The average molecular weight is 262 g/mol. The molecule has 1 heterocycles. The summed E-state index contributed by atoms with van der Waals surface area (Å²) < 4.78 is 0.301. The molecule has 0 atom stereocenters. The van der Waals surface area contributed by atoms with Crippen LogP contribution in [-0.2, 0) is 0 Å². The van der Waals surface area contributed by atoms with Crippen molar-refractivity contribution in [1.82, 2.24) is 4.98 Å². The number of pyridine rings is 1. The third-order valence-electron chi connectivity index (χ3n) is 3.56. The molecule has 0 radical (unpaired) electrons. The minimum absolute atomic E-state index is 0.301. The molecule has 1 aromatic heterocycles. The highest BCUT2D eigenvalue weighted by molar-refractivity contribution is 8.00. The number of aromatic nitrogens is 1. The summed E-state index contributed by atoms with van der Waals surface area (Å²) in [5, 5.41) is 12.4. The third-order valence-corrected chi connectivity index (χ3v) is 4.97. The maximum absolute atomic E-state index is 9.07. The highest BCUT2D eigenvalue weighted by Gasteiger charge is 2.32. The number of hydrogen-bond acceptors (Lipinski definition) is 5. The fraction of sp³-hybridized carbons (Fsp3) is 0.538. The predicted molar refractivity (Wildman–Crippen MR) is 76.6 cm³/mol. The summed E-state index contributed by atoms with van der Waals surface area (Å²) in [6.45, 7) is 0.861. The molecule has 1 aliphatic rings. The van der Waals surface area contributed by atoms with Gasteiger partial charge in [-0.1, -0.05) is 12.8 Å². The number of thioether (sulfide) groups is 1. The lowest BCUT2D eigenvalue weighted by molar-refractivity contribution is 0.638. The number of hydrogen-bond donors (Lipinski definition) is 2. The lowest BCUT2D eigenvalue weighted by atomic mass is 10.1. The van der Waals surface area contributed by atoms with Gasteiger partial charge in [0.05, 0.1) is 17.4 Å². The van der Waals surface area contributed by atoms with Gasteiger partial charge in [-0.3, -0.25) is 0 Å². The molecular formula is C13H18N4S. The SMILES string of the molecule is CSC1(CNc2ncc(N)cc2C#N)CCCC1. The number of rotatable bonds is 4.